The molecule has 0 aromatic heterocycles. The Balaban J connectivity index is 4.48. The molecular formula is C57H98O6. The fourth-order valence-electron chi connectivity index (χ4n) is 7.13. The van der Waals surface area contributed by atoms with Crippen molar-refractivity contribution in [2.45, 2.75) is 258 Å². The van der Waals surface area contributed by atoms with E-state index in [1.807, 2.05) is 0 Å². The van der Waals surface area contributed by atoms with E-state index in [2.05, 4.69) is 93.7 Å². The van der Waals surface area contributed by atoms with Crippen LogP contribution in [0.3, 0.4) is 0 Å². The van der Waals surface area contributed by atoms with E-state index in [0.29, 0.717) is 19.3 Å². The lowest BCUT2D eigenvalue weighted by Crippen LogP contribution is -2.30. The monoisotopic (exact) mass is 879 g/mol. The number of allylic oxidation sites excluding steroid dienone is 12. The van der Waals surface area contributed by atoms with Crippen molar-refractivity contribution < 1.29 is 28.6 Å². The first-order valence-corrected chi connectivity index (χ1v) is 26.4. The Hall–Kier alpha value is -3.15. The van der Waals surface area contributed by atoms with Gasteiger partial charge in [-0.15, -0.1) is 0 Å². The van der Waals surface area contributed by atoms with Crippen molar-refractivity contribution in [3.8, 4) is 0 Å². The summed E-state index contributed by atoms with van der Waals surface area (Å²) in [7, 11) is 0. The van der Waals surface area contributed by atoms with Crippen LogP contribution in [0.25, 0.3) is 0 Å². The van der Waals surface area contributed by atoms with Crippen molar-refractivity contribution in [3.63, 3.8) is 0 Å². The van der Waals surface area contributed by atoms with Crippen molar-refractivity contribution in [1.82, 2.24) is 0 Å². The number of carbonyl (C=O) groups excluding carboxylic acids is 3. The van der Waals surface area contributed by atoms with Crippen molar-refractivity contribution in [2.75, 3.05) is 13.2 Å². The van der Waals surface area contributed by atoms with Crippen LogP contribution >= 0.6 is 0 Å². The predicted octanol–water partition coefficient (Wildman–Crippen LogP) is 17.4. The van der Waals surface area contributed by atoms with Gasteiger partial charge in [-0.1, -0.05) is 196 Å². The van der Waals surface area contributed by atoms with Crippen molar-refractivity contribution >= 4 is 17.9 Å². The maximum atomic E-state index is 12.8. The molecule has 0 aliphatic rings. The minimum Gasteiger partial charge on any atom is -0.462 e. The molecule has 0 amide bonds. The van der Waals surface area contributed by atoms with Gasteiger partial charge in [-0.05, 0) is 109 Å². The quantitative estimate of drug-likeness (QED) is 0.0262. The Bertz CT molecular complexity index is 1190. The van der Waals surface area contributed by atoms with E-state index in [1.165, 1.54) is 135 Å². The van der Waals surface area contributed by atoms with E-state index in [-0.39, 0.29) is 37.5 Å². The zero-order valence-electron chi connectivity index (χ0n) is 41.3. The molecule has 0 saturated heterocycles. The lowest BCUT2D eigenvalue weighted by molar-refractivity contribution is -0.167. The van der Waals surface area contributed by atoms with Crippen molar-refractivity contribution in [2.24, 2.45) is 0 Å². The van der Waals surface area contributed by atoms with E-state index in [1.54, 1.807) is 0 Å². The van der Waals surface area contributed by atoms with Gasteiger partial charge in [0.05, 0.1) is 0 Å². The number of ether oxygens (including phenoxy) is 3. The highest BCUT2D eigenvalue weighted by Crippen LogP contribution is 2.14. The highest BCUT2D eigenvalue weighted by molar-refractivity contribution is 5.71. The van der Waals surface area contributed by atoms with Gasteiger partial charge in [0.25, 0.3) is 0 Å². The van der Waals surface area contributed by atoms with E-state index in [0.717, 1.165) is 70.6 Å². The van der Waals surface area contributed by atoms with Crippen molar-refractivity contribution in [1.29, 1.82) is 0 Å². The summed E-state index contributed by atoms with van der Waals surface area (Å²) in [6.07, 6.45) is 64.6. The number of hydrogen-bond acceptors (Lipinski definition) is 6. The first-order chi connectivity index (χ1) is 31.0. The van der Waals surface area contributed by atoms with Crippen molar-refractivity contribution in [3.05, 3.63) is 72.9 Å². The Morgan fingerprint density at radius 1 is 0.317 bits per heavy atom. The predicted molar refractivity (Wildman–Crippen MR) is 270 cm³/mol. The van der Waals surface area contributed by atoms with Gasteiger partial charge < -0.3 is 14.2 Å². The normalized spacial score (nSPS) is 12.6. The fourth-order valence-corrected chi connectivity index (χ4v) is 7.13. The molecule has 0 fully saturated rings. The Morgan fingerprint density at radius 3 is 1.00 bits per heavy atom. The maximum Gasteiger partial charge on any atom is 0.306 e. The molecule has 0 aliphatic carbocycles. The smallest absolute Gasteiger partial charge is 0.306 e. The molecule has 0 aromatic carbocycles. The van der Waals surface area contributed by atoms with E-state index >= 15 is 0 Å². The number of carbonyl (C=O) groups is 3. The lowest BCUT2D eigenvalue weighted by Gasteiger charge is -2.18. The van der Waals surface area contributed by atoms with Crippen LogP contribution in [-0.2, 0) is 28.6 Å². The molecule has 6 heteroatoms. The lowest BCUT2D eigenvalue weighted by atomic mass is 10.1. The van der Waals surface area contributed by atoms with Gasteiger partial charge in [0.1, 0.15) is 13.2 Å². The number of rotatable bonds is 47. The van der Waals surface area contributed by atoms with Gasteiger partial charge in [0.2, 0.25) is 0 Å². The molecule has 0 rings (SSSR count). The highest BCUT2D eigenvalue weighted by atomic mass is 16.6. The molecule has 0 radical (unpaired) electrons. The van der Waals surface area contributed by atoms with Gasteiger partial charge >= 0.3 is 17.9 Å². The van der Waals surface area contributed by atoms with Gasteiger partial charge in [-0.3, -0.25) is 14.4 Å². The molecule has 63 heavy (non-hydrogen) atoms. The maximum absolute atomic E-state index is 12.8. The Labute approximate surface area is 389 Å². The summed E-state index contributed by atoms with van der Waals surface area (Å²) in [5.41, 5.74) is 0. The van der Waals surface area contributed by atoms with E-state index in [4.69, 9.17) is 14.2 Å². The molecule has 0 aromatic rings. The molecule has 0 N–H and O–H groups in total. The summed E-state index contributed by atoms with van der Waals surface area (Å²) >= 11 is 0. The summed E-state index contributed by atoms with van der Waals surface area (Å²) in [4.78, 5) is 38.0. The molecule has 0 aliphatic heterocycles. The van der Waals surface area contributed by atoms with E-state index in [9.17, 15) is 14.4 Å². The third-order valence-corrected chi connectivity index (χ3v) is 11.2. The van der Waals surface area contributed by atoms with E-state index < -0.39 is 6.10 Å². The second kappa shape index (κ2) is 51.5. The average molecular weight is 879 g/mol. The van der Waals surface area contributed by atoms with Crippen LogP contribution in [0.15, 0.2) is 72.9 Å². The second-order valence-corrected chi connectivity index (χ2v) is 17.4. The number of hydrogen-bond donors (Lipinski definition) is 0. The van der Waals surface area contributed by atoms with Crippen LogP contribution in [0.1, 0.15) is 252 Å². The molecule has 0 unspecified atom stereocenters. The van der Waals surface area contributed by atoms with Crippen LogP contribution in [0.2, 0.25) is 0 Å². The third-order valence-electron chi connectivity index (χ3n) is 11.2. The molecule has 0 heterocycles. The molecule has 362 valence electrons. The third kappa shape index (κ3) is 49.7. The van der Waals surface area contributed by atoms with Crippen LogP contribution in [0.5, 0.6) is 0 Å². The van der Waals surface area contributed by atoms with Crippen LogP contribution in [-0.4, -0.2) is 37.2 Å². The number of esters is 3. The highest BCUT2D eigenvalue weighted by Gasteiger charge is 2.19. The molecule has 0 spiro atoms. The average Bonchev–Trinajstić information content (AvgIpc) is 3.28. The largest absolute Gasteiger partial charge is 0.462 e. The number of unbranched alkanes of at least 4 members (excludes halogenated alkanes) is 24. The summed E-state index contributed by atoms with van der Waals surface area (Å²) in [5, 5.41) is 0. The minimum atomic E-state index is -0.802. The standard InChI is InChI=1S/C57H98O6/c1-4-7-10-13-16-19-22-25-27-28-30-32-35-38-41-44-47-50-56(59)62-53-54(52-61-55(58)49-46-43-40-37-34-31-24-21-18-15-12-9-6-3)63-57(60)51-48-45-42-39-36-33-29-26-23-20-17-14-11-8-5-2/h16,19-21,23-25,27,30,32,38,41,54H,4-15,17-18,22,26,28-29,31,33-37,39-40,42-53H2,1-3H3/b19-16-,23-20-,24-21-,27-25-,32-30-,41-38-/t54-/m0/s1. The Morgan fingerprint density at radius 2 is 0.587 bits per heavy atom. The SMILES string of the molecule is CCCCC/C=C\C/C=C\C/C=C\C/C=C\CCCC(=O)OC[C@H](COC(=O)CCCCCCC/C=C\CCCCCC)OC(=O)CCCCCCCCC/C=C\CCCCCC. The second-order valence-electron chi connectivity index (χ2n) is 17.4. The van der Waals surface area contributed by atoms with Gasteiger partial charge in [0.15, 0.2) is 6.10 Å². The minimum absolute atomic E-state index is 0.0983. The topological polar surface area (TPSA) is 78.9 Å². The fraction of sp³-hybridized carbons (Fsp3) is 0.737. The first kappa shape index (κ1) is 59.9. The summed E-state index contributed by atoms with van der Waals surface area (Å²) < 4.78 is 16.7. The summed E-state index contributed by atoms with van der Waals surface area (Å²) in [6.45, 7) is 6.53. The van der Waals surface area contributed by atoms with Gasteiger partial charge in [0, 0.05) is 19.3 Å². The zero-order chi connectivity index (χ0) is 45.8. The summed E-state index contributed by atoms with van der Waals surface area (Å²) in [6, 6.07) is 0. The van der Waals surface area contributed by atoms with Crippen LogP contribution < -0.4 is 0 Å². The molecule has 0 saturated carbocycles. The van der Waals surface area contributed by atoms with Gasteiger partial charge in [-0.25, -0.2) is 0 Å². The molecule has 6 nitrogen and oxygen atoms in total. The molecular weight excluding hydrogens is 781 g/mol. The molecule has 1 atom stereocenters. The molecule has 0 bridgehead atoms. The van der Waals surface area contributed by atoms with Gasteiger partial charge in [-0.2, -0.15) is 0 Å². The first-order valence-electron chi connectivity index (χ1n) is 26.4. The zero-order valence-corrected chi connectivity index (χ0v) is 41.3. The van der Waals surface area contributed by atoms with Crippen LogP contribution in [0.4, 0.5) is 0 Å². The summed E-state index contributed by atoms with van der Waals surface area (Å²) in [5.74, 6) is -0.967. The Kier molecular flexibility index (Phi) is 48.9. The van der Waals surface area contributed by atoms with Crippen LogP contribution in [0, 0.1) is 0 Å².